The third-order valence-corrected chi connectivity index (χ3v) is 3.41. The molecule has 0 aliphatic rings. The summed E-state index contributed by atoms with van der Waals surface area (Å²) in [6.45, 7) is 4.57. The van der Waals surface area contributed by atoms with Crippen molar-refractivity contribution in [3.05, 3.63) is 35.9 Å². The number of nitrogens with one attached hydrogen (secondary N) is 2. The average Bonchev–Trinajstić information content (AvgIpc) is 2.60. The van der Waals surface area contributed by atoms with E-state index in [1.165, 1.54) is 0 Å². The van der Waals surface area contributed by atoms with Gasteiger partial charge in [0.15, 0.2) is 0 Å². The summed E-state index contributed by atoms with van der Waals surface area (Å²) in [6.07, 6.45) is -5.89. The van der Waals surface area contributed by atoms with E-state index in [1.807, 2.05) is 0 Å². The van der Waals surface area contributed by atoms with Gasteiger partial charge in [-0.15, -0.1) is 0 Å². The zero-order chi connectivity index (χ0) is 22.1. The van der Waals surface area contributed by atoms with Gasteiger partial charge in [-0.3, -0.25) is 4.79 Å². The monoisotopic (exact) mass is 418 g/mol. The van der Waals surface area contributed by atoms with Crippen LogP contribution in [0.4, 0.5) is 18.0 Å². The van der Waals surface area contributed by atoms with Crippen molar-refractivity contribution < 1.29 is 37.0 Å². The van der Waals surface area contributed by atoms with E-state index < -0.39 is 35.8 Å². The lowest BCUT2D eigenvalue weighted by Crippen LogP contribution is -2.45. The highest BCUT2D eigenvalue weighted by Gasteiger charge is 2.38. The number of alkyl halides is 3. The second-order valence-electron chi connectivity index (χ2n) is 7.19. The Hall–Kier alpha value is -2.78. The SMILES string of the molecule is CC(C)(C)OC(=O)NC(CCCNC(=O)C(F)(F)F)C(=O)OCc1ccccc1. The van der Waals surface area contributed by atoms with Crippen LogP contribution in [0.5, 0.6) is 0 Å². The summed E-state index contributed by atoms with van der Waals surface area (Å²) < 4.78 is 46.9. The molecule has 1 atom stereocenters. The van der Waals surface area contributed by atoms with Gasteiger partial charge in [-0.05, 0) is 39.2 Å². The number of ether oxygens (including phenoxy) is 2. The minimum Gasteiger partial charge on any atom is -0.459 e. The standard InChI is InChI=1S/C19H25F3N2O5/c1-18(2,3)29-17(27)24-14(10-7-11-23-16(26)19(20,21)22)15(25)28-12-13-8-5-4-6-9-13/h4-6,8-9,14H,7,10-12H2,1-3H3,(H,23,26)(H,24,27). The maximum absolute atomic E-state index is 12.3. The first kappa shape index (κ1) is 24.3. The van der Waals surface area contributed by atoms with Crippen LogP contribution >= 0.6 is 0 Å². The van der Waals surface area contributed by atoms with Crippen LogP contribution in [0.25, 0.3) is 0 Å². The van der Waals surface area contributed by atoms with Gasteiger partial charge in [0, 0.05) is 6.54 Å². The van der Waals surface area contributed by atoms with Gasteiger partial charge >= 0.3 is 24.1 Å². The van der Waals surface area contributed by atoms with Gasteiger partial charge in [0.1, 0.15) is 18.2 Å². The molecule has 0 aromatic heterocycles. The Labute approximate surface area is 166 Å². The third kappa shape index (κ3) is 10.4. The van der Waals surface area contributed by atoms with Crippen molar-refractivity contribution in [2.24, 2.45) is 0 Å². The molecule has 1 rings (SSSR count). The van der Waals surface area contributed by atoms with Crippen molar-refractivity contribution in [2.45, 2.75) is 58.0 Å². The van der Waals surface area contributed by atoms with Gasteiger partial charge in [0.2, 0.25) is 0 Å². The largest absolute Gasteiger partial charge is 0.471 e. The summed E-state index contributed by atoms with van der Waals surface area (Å²) in [5.74, 6) is -2.83. The van der Waals surface area contributed by atoms with Crippen molar-refractivity contribution in [2.75, 3.05) is 6.54 Å². The number of amides is 2. The highest BCUT2D eigenvalue weighted by molar-refractivity contribution is 5.82. The van der Waals surface area contributed by atoms with Crippen molar-refractivity contribution >= 4 is 18.0 Å². The van der Waals surface area contributed by atoms with E-state index in [1.54, 1.807) is 56.4 Å². The Balaban J connectivity index is 2.63. The summed E-state index contributed by atoms with van der Waals surface area (Å²) in [7, 11) is 0. The zero-order valence-electron chi connectivity index (χ0n) is 16.5. The molecule has 0 aliphatic carbocycles. The second-order valence-corrected chi connectivity index (χ2v) is 7.19. The number of alkyl carbamates (subject to hydrolysis) is 1. The molecular weight excluding hydrogens is 393 g/mol. The van der Waals surface area contributed by atoms with E-state index in [0.717, 1.165) is 5.56 Å². The molecule has 2 amide bonds. The molecule has 0 heterocycles. The molecular formula is C19H25F3N2O5. The molecule has 0 saturated carbocycles. The molecule has 0 saturated heterocycles. The van der Waals surface area contributed by atoms with Gasteiger partial charge in [-0.25, -0.2) is 9.59 Å². The van der Waals surface area contributed by atoms with Gasteiger partial charge in [-0.2, -0.15) is 13.2 Å². The summed E-state index contributed by atoms with van der Waals surface area (Å²) in [6, 6.07) is 7.68. The predicted molar refractivity (Wildman–Crippen MR) is 97.7 cm³/mol. The highest BCUT2D eigenvalue weighted by atomic mass is 19.4. The fourth-order valence-corrected chi connectivity index (χ4v) is 2.14. The van der Waals surface area contributed by atoms with E-state index in [2.05, 4.69) is 5.32 Å². The fraction of sp³-hybridized carbons (Fsp3) is 0.526. The van der Waals surface area contributed by atoms with Crippen LogP contribution in [-0.2, 0) is 25.7 Å². The molecule has 1 aromatic carbocycles. The number of benzene rings is 1. The predicted octanol–water partition coefficient (Wildman–Crippen LogP) is 3.08. The van der Waals surface area contributed by atoms with E-state index in [-0.39, 0.29) is 26.0 Å². The van der Waals surface area contributed by atoms with Crippen molar-refractivity contribution in [3.63, 3.8) is 0 Å². The smallest absolute Gasteiger partial charge is 0.459 e. The van der Waals surface area contributed by atoms with Crippen LogP contribution in [0.3, 0.4) is 0 Å². The maximum atomic E-state index is 12.3. The van der Waals surface area contributed by atoms with Crippen LogP contribution in [0.1, 0.15) is 39.2 Å². The van der Waals surface area contributed by atoms with Crippen LogP contribution in [0.15, 0.2) is 30.3 Å². The average molecular weight is 418 g/mol. The summed E-state index contributed by atoms with van der Waals surface area (Å²) in [5, 5.41) is 4.06. The molecule has 0 aliphatic heterocycles. The number of hydrogen-bond donors (Lipinski definition) is 2. The molecule has 2 N–H and O–H groups in total. The Morgan fingerprint density at radius 2 is 1.69 bits per heavy atom. The third-order valence-electron chi connectivity index (χ3n) is 3.41. The number of halogens is 3. The second kappa shape index (κ2) is 10.7. The lowest BCUT2D eigenvalue weighted by molar-refractivity contribution is -0.173. The van der Waals surface area contributed by atoms with Crippen LogP contribution < -0.4 is 10.6 Å². The molecule has 1 aromatic rings. The molecule has 0 spiro atoms. The lowest BCUT2D eigenvalue weighted by atomic mass is 10.1. The zero-order valence-corrected chi connectivity index (χ0v) is 16.5. The maximum Gasteiger partial charge on any atom is 0.471 e. The van der Waals surface area contributed by atoms with Crippen LogP contribution in [0, 0.1) is 0 Å². The van der Waals surface area contributed by atoms with E-state index in [0.29, 0.717) is 0 Å². The number of rotatable bonds is 8. The summed E-state index contributed by atoms with van der Waals surface area (Å²) >= 11 is 0. The molecule has 29 heavy (non-hydrogen) atoms. The van der Waals surface area contributed by atoms with E-state index in [9.17, 15) is 27.6 Å². The molecule has 10 heteroatoms. The Morgan fingerprint density at radius 1 is 1.07 bits per heavy atom. The quantitative estimate of drug-likeness (QED) is 0.500. The summed E-state index contributed by atoms with van der Waals surface area (Å²) in [5.41, 5.74) is -0.0715. The Bertz CT molecular complexity index is 687. The number of hydrogen-bond acceptors (Lipinski definition) is 5. The van der Waals surface area contributed by atoms with Gasteiger partial charge in [0.05, 0.1) is 0 Å². The first-order chi connectivity index (χ1) is 13.4. The lowest BCUT2D eigenvalue weighted by Gasteiger charge is -2.23. The normalized spacial score (nSPS) is 12.6. The van der Waals surface area contributed by atoms with E-state index in [4.69, 9.17) is 9.47 Å². The molecule has 7 nitrogen and oxygen atoms in total. The Morgan fingerprint density at radius 3 is 2.24 bits per heavy atom. The van der Waals surface area contributed by atoms with Crippen molar-refractivity contribution in [3.8, 4) is 0 Å². The Kier molecular flexibility index (Phi) is 8.93. The molecule has 0 radical (unpaired) electrons. The molecule has 162 valence electrons. The minimum atomic E-state index is -4.98. The topological polar surface area (TPSA) is 93.7 Å². The number of esters is 1. The number of carbonyl (C=O) groups is 3. The van der Waals surface area contributed by atoms with Crippen molar-refractivity contribution in [1.82, 2.24) is 10.6 Å². The highest BCUT2D eigenvalue weighted by Crippen LogP contribution is 2.14. The van der Waals surface area contributed by atoms with Crippen molar-refractivity contribution in [1.29, 1.82) is 0 Å². The first-order valence-electron chi connectivity index (χ1n) is 8.93. The molecule has 0 fully saturated rings. The fourth-order valence-electron chi connectivity index (χ4n) is 2.14. The minimum absolute atomic E-state index is 0.00270. The molecule has 0 bridgehead atoms. The van der Waals surface area contributed by atoms with Crippen LogP contribution in [0.2, 0.25) is 0 Å². The van der Waals surface area contributed by atoms with Crippen LogP contribution in [-0.4, -0.2) is 42.3 Å². The summed E-state index contributed by atoms with van der Waals surface area (Å²) in [4.78, 5) is 35.1. The van der Waals surface area contributed by atoms with Gasteiger partial charge in [0.25, 0.3) is 0 Å². The first-order valence-corrected chi connectivity index (χ1v) is 8.93. The van der Waals surface area contributed by atoms with E-state index >= 15 is 0 Å². The molecule has 1 unspecified atom stereocenters. The van der Waals surface area contributed by atoms with Gasteiger partial charge < -0.3 is 20.1 Å². The van der Waals surface area contributed by atoms with Gasteiger partial charge in [-0.1, -0.05) is 30.3 Å². The number of carbonyl (C=O) groups excluding carboxylic acids is 3.